The molecule has 0 bridgehead atoms. The highest BCUT2D eigenvalue weighted by atomic mass is 16.3. The third kappa shape index (κ3) is 2.17. The van der Waals surface area contributed by atoms with E-state index in [4.69, 9.17) is 0 Å². The van der Waals surface area contributed by atoms with Gasteiger partial charge in [-0.05, 0) is 39.0 Å². The maximum Gasteiger partial charge on any atom is 0.223 e. The first-order valence-electron chi connectivity index (χ1n) is 5.97. The maximum atomic E-state index is 12.0. The summed E-state index contributed by atoms with van der Waals surface area (Å²) in [5.41, 5.74) is -0.153. The molecule has 0 aromatic heterocycles. The van der Waals surface area contributed by atoms with Crippen molar-refractivity contribution in [1.29, 1.82) is 0 Å². The largest absolute Gasteiger partial charge is 0.391 e. The summed E-state index contributed by atoms with van der Waals surface area (Å²) in [6.45, 7) is 4.61. The lowest BCUT2D eigenvalue weighted by atomic mass is 9.82. The quantitative estimate of drug-likeness (QED) is 0.753. The van der Waals surface area contributed by atoms with Gasteiger partial charge >= 0.3 is 0 Å². The summed E-state index contributed by atoms with van der Waals surface area (Å²) in [6.07, 6.45) is 4.78. The Bertz CT molecular complexity index is 258. The summed E-state index contributed by atoms with van der Waals surface area (Å²) < 4.78 is 0. The minimum Gasteiger partial charge on any atom is -0.391 e. The molecule has 1 aliphatic carbocycles. The van der Waals surface area contributed by atoms with Crippen LogP contribution in [-0.2, 0) is 4.79 Å². The molecule has 1 saturated heterocycles. The van der Waals surface area contributed by atoms with Gasteiger partial charge in [0.15, 0.2) is 0 Å². The molecule has 1 saturated carbocycles. The van der Waals surface area contributed by atoms with Crippen molar-refractivity contribution in [2.45, 2.75) is 57.6 Å². The minimum atomic E-state index is -0.328. The molecular formula is C12H21NO2. The molecule has 2 rings (SSSR count). The highest BCUT2D eigenvalue weighted by molar-refractivity contribution is 5.77. The number of hydrogen-bond donors (Lipinski definition) is 1. The summed E-state index contributed by atoms with van der Waals surface area (Å²) >= 11 is 0. The van der Waals surface area contributed by atoms with Crippen molar-refractivity contribution in [2.75, 3.05) is 6.54 Å². The predicted octanol–water partition coefficient (Wildman–Crippen LogP) is 1.55. The topological polar surface area (TPSA) is 40.5 Å². The molecule has 1 heterocycles. The van der Waals surface area contributed by atoms with Gasteiger partial charge in [-0.3, -0.25) is 4.79 Å². The lowest BCUT2D eigenvalue weighted by Crippen LogP contribution is -2.43. The van der Waals surface area contributed by atoms with Gasteiger partial charge in [-0.25, -0.2) is 0 Å². The number of carbonyl (C=O) groups excluding carboxylic acids is 1. The van der Waals surface area contributed by atoms with Crippen LogP contribution >= 0.6 is 0 Å². The molecule has 86 valence electrons. The number of hydrogen-bond acceptors (Lipinski definition) is 2. The van der Waals surface area contributed by atoms with Crippen LogP contribution < -0.4 is 0 Å². The van der Waals surface area contributed by atoms with Crippen LogP contribution in [0, 0.1) is 5.92 Å². The average molecular weight is 211 g/mol. The molecular weight excluding hydrogens is 190 g/mol. The molecule has 2 fully saturated rings. The Kier molecular flexibility index (Phi) is 2.75. The first-order valence-corrected chi connectivity index (χ1v) is 5.97. The lowest BCUT2D eigenvalue weighted by molar-refractivity contribution is -0.136. The number of aliphatic hydroxyl groups is 1. The molecule has 15 heavy (non-hydrogen) atoms. The van der Waals surface area contributed by atoms with E-state index in [9.17, 15) is 9.90 Å². The SMILES string of the molecule is CC1(C)CC(O)CN1C(=O)CC1CCC1. The predicted molar refractivity (Wildman–Crippen MR) is 58.4 cm³/mol. The van der Waals surface area contributed by atoms with Gasteiger partial charge in [0.25, 0.3) is 0 Å². The normalized spacial score (nSPS) is 30.3. The number of likely N-dealkylation sites (tertiary alicyclic amines) is 1. The van der Waals surface area contributed by atoms with Crippen LogP contribution in [0.4, 0.5) is 0 Å². The maximum absolute atomic E-state index is 12.0. The van der Waals surface area contributed by atoms with Crippen LogP contribution in [0.5, 0.6) is 0 Å². The van der Waals surface area contributed by atoms with E-state index in [-0.39, 0.29) is 17.6 Å². The Morgan fingerprint density at radius 1 is 1.47 bits per heavy atom. The van der Waals surface area contributed by atoms with Crippen molar-refractivity contribution < 1.29 is 9.90 Å². The molecule has 0 aromatic carbocycles. The number of carbonyl (C=O) groups is 1. The number of amides is 1. The highest BCUT2D eigenvalue weighted by Crippen LogP contribution is 2.34. The van der Waals surface area contributed by atoms with Crippen molar-refractivity contribution in [3.05, 3.63) is 0 Å². The second-order valence-electron chi connectivity index (χ2n) is 5.68. The van der Waals surface area contributed by atoms with Crippen molar-refractivity contribution >= 4 is 5.91 Å². The molecule has 1 N–H and O–H groups in total. The van der Waals surface area contributed by atoms with Gasteiger partial charge in [-0.15, -0.1) is 0 Å². The summed E-state index contributed by atoms with van der Waals surface area (Å²) in [6, 6.07) is 0. The first kappa shape index (κ1) is 10.9. The number of rotatable bonds is 2. The lowest BCUT2D eigenvalue weighted by Gasteiger charge is -2.34. The van der Waals surface area contributed by atoms with E-state index in [0.29, 0.717) is 25.3 Å². The van der Waals surface area contributed by atoms with E-state index >= 15 is 0 Å². The van der Waals surface area contributed by atoms with Crippen LogP contribution in [0.1, 0.15) is 46.0 Å². The second kappa shape index (κ2) is 3.78. The standard InChI is InChI=1S/C12H21NO2/c1-12(2)7-10(14)8-13(12)11(15)6-9-4-3-5-9/h9-10,14H,3-8H2,1-2H3. The zero-order valence-electron chi connectivity index (χ0n) is 9.70. The number of nitrogens with zero attached hydrogens (tertiary/aromatic N) is 1. The van der Waals surface area contributed by atoms with E-state index in [1.165, 1.54) is 19.3 Å². The van der Waals surface area contributed by atoms with Crippen LogP contribution in [-0.4, -0.2) is 34.1 Å². The fourth-order valence-corrected chi connectivity index (χ4v) is 2.70. The molecule has 1 amide bonds. The van der Waals surface area contributed by atoms with Gasteiger partial charge < -0.3 is 10.0 Å². The molecule has 1 unspecified atom stereocenters. The molecule has 1 aliphatic heterocycles. The summed E-state index contributed by atoms with van der Waals surface area (Å²) in [7, 11) is 0. The van der Waals surface area contributed by atoms with Crippen molar-refractivity contribution in [2.24, 2.45) is 5.92 Å². The monoisotopic (exact) mass is 211 g/mol. The molecule has 3 heteroatoms. The van der Waals surface area contributed by atoms with Crippen molar-refractivity contribution in [3.63, 3.8) is 0 Å². The van der Waals surface area contributed by atoms with Gasteiger partial charge in [0.2, 0.25) is 5.91 Å². The van der Waals surface area contributed by atoms with Crippen molar-refractivity contribution in [1.82, 2.24) is 4.90 Å². The van der Waals surface area contributed by atoms with Gasteiger partial charge in [0.1, 0.15) is 0 Å². The summed E-state index contributed by atoms with van der Waals surface area (Å²) in [5, 5.41) is 9.60. The van der Waals surface area contributed by atoms with Gasteiger partial charge in [-0.2, -0.15) is 0 Å². The van der Waals surface area contributed by atoms with E-state index in [2.05, 4.69) is 0 Å². The molecule has 0 spiro atoms. The third-order valence-electron chi connectivity index (χ3n) is 3.85. The Balaban J connectivity index is 1.93. The smallest absolute Gasteiger partial charge is 0.223 e. The molecule has 0 aromatic rings. The number of aliphatic hydroxyl groups excluding tert-OH is 1. The Labute approximate surface area is 91.5 Å². The van der Waals surface area contributed by atoms with Crippen LogP contribution in [0.2, 0.25) is 0 Å². The van der Waals surface area contributed by atoms with Crippen LogP contribution in [0.3, 0.4) is 0 Å². The molecule has 3 nitrogen and oxygen atoms in total. The van der Waals surface area contributed by atoms with Crippen LogP contribution in [0.25, 0.3) is 0 Å². The third-order valence-corrected chi connectivity index (χ3v) is 3.85. The summed E-state index contributed by atoms with van der Waals surface area (Å²) in [4.78, 5) is 13.9. The molecule has 0 radical (unpaired) electrons. The molecule has 2 aliphatic rings. The number of β-amino-alcohol motifs (C(OH)–C–C–N with tert-alkyl or cyclic N) is 1. The van der Waals surface area contributed by atoms with Gasteiger partial charge in [0.05, 0.1) is 6.10 Å². The Morgan fingerprint density at radius 2 is 2.13 bits per heavy atom. The second-order valence-corrected chi connectivity index (χ2v) is 5.68. The zero-order chi connectivity index (χ0) is 11.1. The van der Waals surface area contributed by atoms with E-state index in [0.717, 1.165) is 0 Å². The summed E-state index contributed by atoms with van der Waals surface area (Å²) in [5.74, 6) is 0.854. The highest BCUT2D eigenvalue weighted by Gasteiger charge is 2.40. The molecule has 1 atom stereocenters. The van der Waals surface area contributed by atoms with Gasteiger partial charge in [0, 0.05) is 18.5 Å². The average Bonchev–Trinajstić information content (AvgIpc) is 2.31. The van der Waals surface area contributed by atoms with E-state index in [1.807, 2.05) is 18.7 Å². The van der Waals surface area contributed by atoms with Crippen LogP contribution in [0.15, 0.2) is 0 Å². The van der Waals surface area contributed by atoms with E-state index < -0.39 is 0 Å². The fraction of sp³-hybridized carbons (Fsp3) is 0.917. The Morgan fingerprint density at radius 3 is 2.53 bits per heavy atom. The Hall–Kier alpha value is -0.570. The zero-order valence-corrected chi connectivity index (χ0v) is 9.70. The van der Waals surface area contributed by atoms with E-state index in [1.54, 1.807) is 0 Å². The minimum absolute atomic E-state index is 0.153. The fourth-order valence-electron chi connectivity index (χ4n) is 2.70. The van der Waals surface area contributed by atoms with Crippen molar-refractivity contribution in [3.8, 4) is 0 Å². The van der Waals surface area contributed by atoms with Gasteiger partial charge in [-0.1, -0.05) is 6.42 Å². The first-order chi connectivity index (χ1) is 6.99.